The van der Waals surface area contributed by atoms with Gasteiger partial charge < -0.3 is 9.64 Å². The van der Waals surface area contributed by atoms with Crippen LogP contribution in [0.25, 0.3) is 0 Å². The highest BCUT2D eigenvalue weighted by Gasteiger charge is 2.28. The molecule has 0 radical (unpaired) electrons. The molecular weight excluding hydrogens is 310 g/mol. The van der Waals surface area contributed by atoms with Gasteiger partial charge in [0.1, 0.15) is 11.6 Å². The summed E-state index contributed by atoms with van der Waals surface area (Å²) in [5.74, 6) is 1.79. The Kier molecular flexibility index (Phi) is 5.20. The first-order chi connectivity index (χ1) is 11.2. The summed E-state index contributed by atoms with van der Waals surface area (Å²) in [6.07, 6.45) is 1.84. The second-order valence-electron chi connectivity index (χ2n) is 5.71. The summed E-state index contributed by atoms with van der Waals surface area (Å²) in [6, 6.07) is 2.05. The molecule has 2 aromatic heterocycles. The van der Waals surface area contributed by atoms with Gasteiger partial charge in [0.2, 0.25) is 0 Å². The van der Waals surface area contributed by atoms with Crippen LogP contribution in [0.2, 0.25) is 0 Å². The zero-order valence-corrected chi connectivity index (χ0v) is 14.7. The highest BCUT2D eigenvalue weighted by molar-refractivity contribution is 7.09. The molecule has 1 atom stereocenters. The number of rotatable bonds is 5. The Bertz CT molecular complexity index is 647. The molecule has 0 unspecified atom stereocenters. The van der Waals surface area contributed by atoms with E-state index in [1.165, 1.54) is 4.88 Å². The average Bonchev–Trinajstić information content (AvgIpc) is 2.99. The molecule has 3 rings (SSSR count). The van der Waals surface area contributed by atoms with Crippen molar-refractivity contribution in [3.8, 4) is 0 Å². The highest BCUT2D eigenvalue weighted by atomic mass is 32.1. The van der Waals surface area contributed by atoms with Gasteiger partial charge in [0.15, 0.2) is 0 Å². The van der Waals surface area contributed by atoms with E-state index in [9.17, 15) is 0 Å². The van der Waals surface area contributed by atoms with Gasteiger partial charge in [-0.25, -0.2) is 15.0 Å². The number of ether oxygens (including phenoxy) is 1. The van der Waals surface area contributed by atoms with Crippen LogP contribution in [0, 0.1) is 6.92 Å². The van der Waals surface area contributed by atoms with E-state index in [2.05, 4.69) is 33.6 Å². The number of anilines is 1. The molecule has 0 N–H and O–H groups in total. The number of hydrogen-bond acceptors (Lipinski definition) is 7. The summed E-state index contributed by atoms with van der Waals surface area (Å²) in [7, 11) is 2.04. The Labute approximate surface area is 141 Å². The van der Waals surface area contributed by atoms with Gasteiger partial charge in [-0.3, -0.25) is 4.90 Å². The predicted octanol–water partition coefficient (Wildman–Crippen LogP) is 2.27. The van der Waals surface area contributed by atoms with Crippen molar-refractivity contribution in [2.24, 2.45) is 0 Å². The molecule has 0 spiro atoms. The lowest BCUT2D eigenvalue weighted by molar-refractivity contribution is -0.0155. The fraction of sp³-hybridized carbons (Fsp3) is 0.562. The maximum atomic E-state index is 5.70. The van der Waals surface area contributed by atoms with E-state index in [1.807, 2.05) is 24.8 Å². The van der Waals surface area contributed by atoms with Crippen LogP contribution in [0.5, 0.6) is 0 Å². The van der Waals surface area contributed by atoms with Crippen molar-refractivity contribution in [1.82, 2.24) is 19.9 Å². The third kappa shape index (κ3) is 3.68. The number of hydrogen-bond donors (Lipinski definition) is 0. The molecule has 0 saturated carbocycles. The number of nitrogens with zero attached hydrogens (tertiary/aromatic N) is 5. The fourth-order valence-electron chi connectivity index (χ4n) is 2.63. The Morgan fingerprint density at radius 3 is 3.04 bits per heavy atom. The lowest BCUT2D eigenvalue weighted by atomic mass is 10.2. The molecule has 23 heavy (non-hydrogen) atoms. The molecule has 7 heteroatoms. The Balaban J connectivity index is 1.82. The number of morpholine rings is 1. The first-order valence-electron chi connectivity index (χ1n) is 7.94. The van der Waals surface area contributed by atoms with Gasteiger partial charge in [-0.1, -0.05) is 0 Å². The van der Waals surface area contributed by atoms with Crippen LogP contribution in [-0.4, -0.2) is 53.2 Å². The van der Waals surface area contributed by atoms with Crippen LogP contribution >= 0.6 is 11.3 Å². The molecule has 0 aromatic carbocycles. The quantitative estimate of drug-likeness (QED) is 0.837. The summed E-state index contributed by atoms with van der Waals surface area (Å²) in [5, 5.41) is 0. The molecular formula is C16H23N5OS. The summed E-state index contributed by atoms with van der Waals surface area (Å²) in [4.78, 5) is 19.4. The van der Waals surface area contributed by atoms with Crippen LogP contribution in [0.1, 0.15) is 29.4 Å². The normalized spacial score (nSPS) is 19.0. The third-order valence-electron chi connectivity index (χ3n) is 4.25. The molecule has 1 fully saturated rings. The van der Waals surface area contributed by atoms with Gasteiger partial charge in [0.25, 0.3) is 0 Å². The molecule has 0 bridgehead atoms. The van der Waals surface area contributed by atoms with Gasteiger partial charge in [0.05, 0.1) is 30.5 Å². The summed E-state index contributed by atoms with van der Waals surface area (Å²) < 4.78 is 5.70. The maximum Gasteiger partial charge on any atom is 0.150 e. The minimum atomic E-state index is 0.0930. The fourth-order valence-corrected chi connectivity index (χ4v) is 3.43. The lowest BCUT2D eigenvalue weighted by Gasteiger charge is -2.34. The number of aromatic nitrogens is 3. The zero-order chi connectivity index (χ0) is 16.2. The van der Waals surface area contributed by atoms with Gasteiger partial charge in [-0.05, 0) is 19.9 Å². The van der Waals surface area contributed by atoms with Crippen LogP contribution in [0.15, 0.2) is 17.8 Å². The van der Waals surface area contributed by atoms with E-state index in [0.717, 1.165) is 43.6 Å². The van der Waals surface area contributed by atoms with Crippen molar-refractivity contribution < 1.29 is 4.74 Å². The summed E-state index contributed by atoms with van der Waals surface area (Å²) >= 11 is 1.71. The van der Waals surface area contributed by atoms with E-state index in [0.29, 0.717) is 6.61 Å². The second-order valence-corrected chi connectivity index (χ2v) is 6.65. The van der Waals surface area contributed by atoms with Crippen molar-refractivity contribution in [2.75, 3.05) is 38.3 Å². The summed E-state index contributed by atoms with van der Waals surface area (Å²) in [6.45, 7) is 8.25. The topological polar surface area (TPSA) is 54.4 Å². The third-order valence-corrected chi connectivity index (χ3v) is 5.17. The van der Waals surface area contributed by atoms with E-state index >= 15 is 0 Å². The lowest BCUT2D eigenvalue weighted by Crippen LogP contribution is -2.40. The molecule has 0 amide bonds. The SMILES string of the molecule is CCN(C)c1ccnc([C@H]2COCCN2Cc2scnc2C)n1. The standard InChI is InChI=1S/C16H23N5OS/c1-4-20(3)15-5-6-17-16(19-15)13-10-22-8-7-21(13)9-14-12(2)18-11-23-14/h5-6,11,13H,4,7-10H2,1-3H3/t13-/m1/s1. The van der Waals surface area contributed by atoms with Gasteiger partial charge in [-0.2, -0.15) is 0 Å². The van der Waals surface area contributed by atoms with Crippen LogP contribution in [0.4, 0.5) is 5.82 Å². The minimum absolute atomic E-state index is 0.0930. The first-order valence-corrected chi connectivity index (χ1v) is 8.81. The van der Waals surface area contributed by atoms with Crippen LogP contribution in [0.3, 0.4) is 0 Å². The Morgan fingerprint density at radius 2 is 2.30 bits per heavy atom. The van der Waals surface area contributed by atoms with Gasteiger partial charge in [0, 0.05) is 37.8 Å². The van der Waals surface area contributed by atoms with Crippen molar-refractivity contribution in [1.29, 1.82) is 0 Å². The van der Waals surface area contributed by atoms with Crippen molar-refractivity contribution in [3.63, 3.8) is 0 Å². The molecule has 3 heterocycles. The maximum absolute atomic E-state index is 5.70. The molecule has 1 aliphatic heterocycles. The van der Waals surface area contributed by atoms with Crippen LogP contribution < -0.4 is 4.90 Å². The van der Waals surface area contributed by atoms with E-state index in [1.54, 1.807) is 11.3 Å². The van der Waals surface area contributed by atoms with Crippen molar-refractivity contribution in [2.45, 2.75) is 26.4 Å². The Morgan fingerprint density at radius 1 is 1.43 bits per heavy atom. The molecule has 6 nitrogen and oxygen atoms in total. The largest absolute Gasteiger partial charge is 0.378 e. The van der Waals surface area contributed by atoms with Gasteiger partial charge in [-0.15, -0.1) is 11.3 Å². The molecule has 0 aliphatic carbocycles. The van der Waals surface area contributed by atoms with E-state index in [4.69, 9.17) is 9.72 Å². The van der Waals surface area contributed by atoms with Crippen molar-refractivity contribution >= 4 is 17.2 Å². The van der Waals surface area contributed by atoms with E-state index < -0.39 is 0 Å². The smallest absolute Gasteiger partial charge is 0.150 e. The zero-order valence-electron chi connectivity index (χ0n) is 13.9. The number of aryl methyl sites for hydroxylation is 1. The first kappa shape index (κ1) is 16.3. The minimum Gasteiger partial charge on any atom is -0.378 e. The van der Waals surface area contributed by atoms with Crippen molar-refractivity contribution in [3.05, 3.63) is 34.2 Å². The number of thiazole rings is 1. The summed E-state index contributed by atoms with van der Waals surface area (Å²) in [5.41, 5.74) is 3.02. The monoisotopic (exact) mass is 333 g/mol. The molecule has 124 valence electrons. The molecule has 2 aromatic rings. The predicted molar refractivity (Wildman–Crippen MR) is 91.8 cm³/mol. The second kappa shape index (κ2) is 7.33. The average molecular weight is 333 g/mol. The molecule has 1 aliphatic rings. The molecule has 1 saturated heterocycles. The van der Waals surface area contributed by atoms with E-state index in [-0.39, 0.29) is 6.04 Å². The highest BCUT2D eigenvalue weighted by Crippen LogP contribution is 2.26. The van der Waals surface area contributed by atoms with Crippen LogP contribution in [-0.2, 0) is 11.3 Å². The van der Waals surface area contributed by atoms with Gasteiger partial charge >= 0.3 is 0 Å². The Hall–Kier alpha value is -1.57.